The largest absolute Gasteiger partial charge is 0.504 e. The van der Waals surface area contributed by atoms with Gasteiger partial charge in [0.05, 0.1) is 17.0 Å². The standard InChI is InChI=1S/C16H8BrNO3/c17-11-5-6-13-12(7-11)15(20)16(21-13)14(19)10-3-1-9(8-18)2-4-10/h1-7,20H. The summed E-state index contributed by atoms with van der Waals surface area (Å²) in [5.74, 6) is -0.710. The Labute approximate surface area is 128 Å². The molecule has 0 bridgehead atoms. The van der Waals surface area contributed by atoms with E-state index in [1.54, 1.807) is 30.3 Å². The van der Waals surface area contributed by atoms with Crippen molar-refractivity contribution < 1.29 is 14.3 Å². The molecule has 0 unspecified atom stereocenters. The molecule has 0 aliphatic rings. The smallest absolute Gasteiger partial charge is 0.232 e. The molecule has 3 rings (SSSR count). The number of hydrogen-bond acceptors (Lipinski definition) is 4. The number of carbonyl (C=O) groups excluding carboxylic acids is 1. The van der Waals surface area contributed by atoms with Crippen LogP contribution in [0.2, 0.25) is 0 Å². The Balaban J connectivity index is 2.09. The van der Waals surface area contributed by atoms with Crippen LogP contribution in [0.25, 0.3) is 11.0 Å². The molecule has 0 saturated carbocycles. The SMILES string of the molecule is N#Cc1ccc(C(=O)c2oc3ccc(Br)cc3c2O)cc1. The maximum absolute atomic E-state index is 12.4. The topological polar surface area (TPSA) is 74.2 Å². The number of carbonyl (C=O) groups is 1. The van der Waals surface area contributed by atoms with Crippen LogP contribution in [0.3, 0.4) is 0 Å². The van der Waals surface area contributed by atoms with Gasteiger partial charge in [-0.1, -0.05) is 15.9 Å². The minimum atomic E-state index is -0.427. The van der Waals surface area contributed by atoms with Gasteiger partial charge in [-0.05, 0) is 42.5 Å². The van der Waals surface area contributed by atoms with Crippen LogP contribution >= 0.6 is 15.9 Å². The summed E-state index contributed by atoms with van der Waals surface area (Å²) in [6, 6.07) is 13.3. The molecule has 0 radical (unpaired) electrons. The molecule has 2 aromatic carbocycles. The van der Waals surface area contributed by atoms with Crippen LogP contribution < -0.4 is 0 Å². The Hall–Kier alpha value is -2.58. The molecule has 0 aliphatic heterocycles. The van der Waals surface area contributed by atoms with Crippen molar-refractivity contribution in [2.24, 2.45) is 0 Å². The lowest BCUT2D eigenvalue weighted by atomic mass is 10.1. The van der Waals surface area contributed by atoms with E-state index in [2.05, 4.69) is 15.9 Å². The highest BCUT2D eigenvalue weighted by atomic mass is 79.9. The van der Waals surface area contributed by atoms with Gasteiger partial charge in [0.1, 0.15) is 5.58 Å². The lowest BCUT2D eigenvalue weighted by molar-refractivity contribution is 0.101. The molecule has 0 fully saturated rings. The lowest BCUT2D eigenvalue weighted by Gasteiger charge is -1.98. The second-order valence-corrected chi connectivity index (χ2v) is 5.35. The Bertz CT molecular complexity index is 888. The number of rotatable bonds is 2. The van der Waals surface area contributed by atoms with Crippen molar-refractivity contribution in [3.8, 4) is 11.8 Å². The Kier molecular flexibility index (Phi) is 3.24. The third-order valence-corrected chi connectivity index (χ3v) is 3.60. The number of ketones is 1. The first-order valence-corrected chi connectivity index (χ1v) is 6.85. The average molecular weight is 342 g/mol. The van der Waals surface area contributed by atoms with Crippen LogP contribution in [0.4, 0.5) is 0 Å². The van der Waals surface area contributed by atoms with Gasteiger partial charge in [-0.2, -0.15) is 5.26 Å². The average Bonchev–Trinajstić information content (AvgIpc) is 2.83. The first-order chi connectivity index (χ1) is 10.1. The molecule has 0 aliphatic carbocycles. The van der Waals surface area contributed by atoms with Gasteiger partial charge in [-0.25, -0.2) is 0 Å². The second-order valence-electron chi connectivity index (χ2n) is 4.44. The predicted molar refractivity (Wildman–Crippen MR) is 80.2 cm³/mol. The molecule has 5 heteroatoms. The number of fused-ring (bicyclic) bond motifs is 1. The van der Waals surface area contributed by atoms with Crippen molar-refractivity contribution in [2.45, 2.75) is 0 Å². The molecule has 0 amide bonds. The second kappa shape index (κ2) is 5.08. The van der Waals surface area contributed by atoms with Crippen LogP contribution in [-0.2, 0) is 0 Å². The quantitative estimate of drug-likeness (QED) is 0.714. The van der Waals surface area contributed by atoms with Crippen molar-refractivity contribution >= 4 is 32.7 Å². The lowest BCUT2D eigenvalue weighted by Crippen LogP contribution is -1.99. The molecule has 102 valence electrons. The maximum Gasteiger partial charge on any atom is 0.232 e. The molecule has 1 N–H and O–H groups in total. The highest BCUT2D eigenvalue weighted by Crippen LogP contribution is 2.35. The zero-order chi connectivity index (χ0) is 15.0. The van der Waals surface area contributed by atoms with Crippen molar-refractivity contribution in [1.82, 2.24) is 0 Å². The van der Waals surface area contributed by atoms with Gasteiger partial charge in [0.25, 0.3) is 0 Å². The van der Waals surface area contributed by atoms with E-state index in [-0.39, 0.29) is 11.5 Å². The van der Waals surface area contributed by atoms with Gasteiger partial charge in [-0.3, -0.25) is 4.79 Å². The van der Waals surface area contributed by atoms with Gasteiger partial charge in [0.2, 0.25) is 11.5 Å². The van der Waals surface area contributed by atoms with E-state index in [0.29, 0.717) is 22.1 Å². The molecule has 21 heavy (non-hydrogen) atoms. The van der Waals surface area contributed by atoms with E-state index in [1.807, 2.05) is 6.07 Å². The molecular formula is C16H8BrNO3. The Morgan fingerprint density at radius 1 is 1.19 bits per heavy atom. The van der Waals surface area contributed by atoms with E-state index in [0.717, 1.165) is 4.47 Å². The number of furan rings is 1. The third-order valence-electron chi connectivity index (χ3n) is 3.11. The summed E-state index contributed by atoms with van der Waals surface area (Å²) >= 11 is 3.31. The zero-order valence-electron chi connectivity index (χ0n) is 10.6. The van der Waals surface area contributed by atoms with Crippen molar-refractivity contribution in [3.05, 3.63) is 63.8 Å². The minimum absolute atomic E-state index is 0.104. The maximum atomic E-state index is 12.4. The fraction of sp³-hybridized carbons (Fsp3) is 0. The summed E-state index contributed by atoms with van der Waals surface area (Å²) in [6.07, 6.45) is 0. The molecule has 1 heterocycles. The summed E-state index contributed by atoms with van der Waals surface area (Å²) in [7, 11) is 0. The van der Waals surface area contributed by atoms with Crippen LogP contribution in [0.15, 0.2) is 51.4 Å². The highest BCUT2D eigenvalue weighted by Gasteiger charge is 2.21. The normalized spacial score (nSPS) is 10.5. The van der Waals surface area contributed by atoms with Crippen molar-refractivity contribution in [3.63, 3.8) is 0 Å². The fourth-order valence-electron chi connectivity index (χ4n) is 2.04. The molecular weight excluding hydrogens is 334 g/mol. The van der Waals surface area contributed by atoms with E-state index >= 15 is 0 Å². The molecule has 4 nitrogen and oxygen atoms in total. The predicted octanol–water partition coefficient (Wildman–Crippen LogP) is 4.00. The fourth-order valence-corrected chi connectivity index (χ4v) is 2.40. The van der Waals surface area contributed by atoms with Gasteiger partial charge in [-0.15, -0.1) is 0 Å². The zero-order valence-corrected chi connectivity index (χ0v) is 12.2. The number of aromatic hydroxyl groups is 1. The Morgan fingerprint density at radius 2 is 1.90 bits per heavy atom. The van der Waals surface area contributed by atoms with Crippen molar-refractivity contribution in [2.75, 3.05) is 0 Å². The summed E-state index contributed by atoms with van der Waals surface area (Å²) in [5, 5.41) is 19.4. The highest BCUT2D eigenvalue weighted by molar-refractivity contribution is 9.10. The van der Waals surface area contributed by atoms with Crippen LogP contribution in [0, 0.1) is 11.3 Å². The van der Waals surface area contributed by atoms with Gasteiger partial charge < -0.3 is 9.52 Å². The number of hydrogen-bond donors (Lipinski definition) is 1. The van der Waals surface area contributed by atoms with Crippen LogP contribution in [0.5, 0.6) is 5.75 Å². The molecule has 0 saturated heterocycles. The summed E-state index contributed by atoms with van der Waals surface area (Å²) in [4.78, 5) is 12.4. The van der Waals surface area contributed by atoms with Crippen LogP contribution in [0.1, 0.15) is 21.7 Å². The molecule has 0 atom stereocenters. The minimum Gasteiger partial charge on any atom is -0.504 e. The van der Waals surface area contributed by atoms with Gasteiger partial charge in [0.15, 0.2) is 5.75 Å². The van der Waals surface area contributed by atoms with E-state index < -0.39 is 5.78 Å². The molecule has 1 aromatic heterocycles. The Morgan fingerprint density at radius 3 is 2.57 bits per heavy atom. The first-order valence-electron chi connectivity index (χ1n) is 6.06. The van der Waals surface area contributed by atoms with E-state index in [9.17, 15) is 9.90 Å². The first kappa shape index (κ1) is 13.4. The number of nitriles is 1. The van der Waals surface area contributed by atoms with Gasteiger partial charge in [0, 0.05) is 10.0 Å². The molecule has 0 spiro atoms. The number of halogens is 1. The van der Waals surface area contributed by atoms with Crippen molar-refractivity contribution in [1.29, 1.82) is 5.26 Å². The molecule has 3 aromatic rings. The summed E-state index contributed by atoms with van der Waals surface area (Å²) < 4.78 is 6.22. The third kappa shape index (κ3) is 2.30. The summed E-state index contributed by atoms with van der Waals surface area (Å²) in [6.45, 7) is 0. The van der Waals surface area contributed by atoms with E-state index in [1.165, 1.54) is 12.1 Å². The van der Waals surface area contributed by atoms with E-state index in [4.69, 9.17) is 9.68 Å². The number of benzene rings is 2. The number of nitrogens with zero attached hydrogens (tertiary/aromatic N) is 1. The van der Waals surface area contributed by atoms with Gasteiger partial charge >= 0.3 is 0 Å². The summed E-state index contributed by atoms with van der Waals surface area (Å²) in [5.41, 5.74) is 1.25. The van der Waals surface area contributed by atoms with Crippen LogP contribution in [-0.4, -0.2) is 10.9 Å². The monoisotopic (exact) mass is 341 g/mol.